The number of hydrogen-bond donors (Lipinski definition) is 2. The summed E-state index contributed by atoms with van der Waals surface area (Å²) >= 11 is 0. The van der Waals surface area contributed by atoms with Gasteiger partial charge in [-0.05, 0) is 26.0 Å². The molecule has 1 aromatic carbocycles. The van der Waals surface area contributed by atoms with Crippen molar-refractivity contribution in [2.24, 2.45) is 5.73 Å². The quantitative estimate of drug-likeness (QED) is 0.864. The zero-order valence-corrected chi connectivity index (χ0v) is 10.7. The highest BCUT2D eigenvalue weighted by Gasteiger charge is 2.22. The Kier molecular flexibility index (Phi) is 3.36. The highest BCUT2D eigenvalue weighted by molar-refractivity contribution is 5.76. The molecule has 2 rings (SSSR count). The molecular formula is C13H18FN3O. The van der Waals surface area contributed by atoms with E-state index in [0.717, 1.165) is 17.9 Å². The van der Waals surface area contributed by atoms with Gasteiger partial charge in [0.1, 0.15) is 11.6 Å². The van der Waals surface area contributed by atoms with Crippen LogP contribution in [0.25, 0.3) is 11.0 Å². The van der Waals surface area contributed by atoms with E-state index in [-0.39, 0.29) is 12.4 Å². The molecule has 0 radical (unpaired) electrons. The Balaban J connectivity index is 2.50. The van der Waals surface area contributed by atoms with E-state index in [2.05, 4.69) is 4.98 Å². The number of nitrogens with zero attached hydrogens (tertiary/aromatic N) is 2. The summed E-state index contributed by atoms with van der Waals surface area (Å²) in [4.78, 5) is 4.38. The predicted molar refractivity (Wildman–Crippen MR) is 68.7 cm³/mol. The van der Waals surface area contributed by atoms with Crippen LogP contribution in [0.2, 0.25) is 0 Å². The number of aromatic nitrogens is 2. The van der Waals surface area contributed by atoms with E-state index in [0.29, 0.717) is 11.9 Å². The largest absolute Gasteiger partial charge is 0.388 e. The summed E-state index contributed by atoms with van der Waals surface area (Å²) in [5, 5.41) is 10.0. The molecule has 18 heavy (non-hydrogen) atoms. The second-order valence-electron chi connectivity index (χ2n) is 4.78. The Morgan fingerprint density at radius 1 is 1.50 bits per heavy atom. The summed E-state index contributed by atoms with van der Waals surface area (Å²) in [5.74, 6) is 0.425. The van der Waals surface area contributed by atoms with Gasteiger partial charge in [0, 0.05) is 25.6 Å². The van der Waals surface area contributed by atoms with Crippen LogP contribution in [0.1, 0.15) is 19.7 Å². The monoisotopic (exact) mass is 251 g/mol. The van der Waals surface area contributed by atoms with Crippen molar-refractivity contribution in [1.82, 2.24) is 9.55 Å². The lowest BCUT2D eigenvalue weighted by molar-refractivity contribution is 0.0668. The summed E-state index contributed by atoms with van der Waals surface area (Å²) in [6.45, 7) is 4.55. The first-order chi connectivity index (χ1) is 8.46. The number of benzene rings is 1. The smallest absolute Gasteiger partial charge is 0.125 e. The molecule has 0 aliphatic carbocycles. The van der Waals surface area contributed by atoms with Crippen LogP contribution in [0.4, 0.5) is 4.39 Å². The third-order valence-corrected chi connectivity index (χ3v) is 3.08. The average Bonchev–Trinajstić information content (AvgIpc) is 2.64. The van der Waals surface area contributed by atoms with Crippen molar-refractivity contribution in [2.75, 3.05) is 6.54 Å². The molecule has 0 amide bonds. The Bertz CT molecular complexity index is 563. The van der Waals surface area contributed by atoms with Crippen LogP contribution in [0, 0.1) is 5.82 Å². The third kappa shape index (κ3) is 2.37. The van der Waals surface area contributed by atoms with Gasteiger partial charge in [0.05, 0.1) is 16.6 Å². The lowest BCUT2D eigenvalue weighted by atomic mass is 10.0. The minimum absolute atomic E-state index is 0.161. The molecule has 1 atom stereocenters. The maximum absolute atomic E-state index is 13.2. The Labute approximate surface area is 105 Å². The summed E-state index contributed by atoms with van der Waals surface area (Å²) in [6, 6.07) is 4.53. The Hall–Kier alpha value is -1.46. The highest BCUT2D eigenvalue weighted by Crippen LogP contribution is 2.20. The van der Waals surface area contributed by atoms with Crippen LogP contribution in [-0.2, 0) is 13.0 Å². The van der Waals surface area contributed by atoms with E-state index in [1.807, 2.05) is 11.5 Å². The second-order valence-corrected chi connectivity index (χ2v) is 4.78. The number of hydrogen-bond acceptors (Lipinski definition) is 3. The first kappa shape index (κ1) is 13.0. The van der Waals surface area contributed by atoms with Gasteiger partial charge in [-0.2, -0.15) is 0 Å². The summed E-state index contributed by atoms with van der Waals surface area (Å²) in [5.41, 5.74) is 6.01. The molecule has 98 valence electrons. The van der Waals surface area contributed by atoms with Crippen molar-refractivity contribution in [3.63, 3.8) is 0 Å². The van der Waals surface area contributed by atoms with Gasteiger partial charge < -0.3 is 15.4 Å². The molecular weight excluding hydrogens is 233 g/mol. The molecule has 1 unspecified atom stereocenters. The normalized spacial score (nSPS) is 14.9. The van der Waals surface area contributed by atoms with Crippen molar-refractivity contribution in [1.29, 1.82) is 0 Å². The van der Waals surface area contributed by atoms with E-state index >= 15 is 0 Å². The molecule has 4 nitrogen and oxygen atoms in total. The predicted octanol–water partition coefficient (Wildman–Crippen LogP) is 1.45. The van der Waals surface area contributed by atoms with Crippen molar-refractivity contribution in [3.8, 4) is 0 Å². The van der Waals surface area contributed by atoms with Crippen molar-refractivity contribution in [3.05, 3.63) is 29.8 Å². The van der Waals surface area contributed by atoms with Crippen LogP contribution >= 0.6 is 0 Å². The zero-order valence-electron chi connectivity index (χ0n) is 10.7. The molecule has 5 heteroatoms. The maximum atomic E-state index is 13.2. The number of aryl methyl sites for hydroxylation is 1. The zero-order chi connectivity index (χ0) is 13.3. The molecule has 0 bridgehead atoms. The van der Waals surface area contributed by atoms with Gasteiger partial charge in [0.15, 0.2) is 0 Å². The van der Waals surface area contributed by atoms with E-state index in [1.165, 1.54) is 12.1 Å². The van der Waals surface area contributed by atoms with Gasteiger partial charge in [-0.15, -0.1) is 0 Å². The lowest BCUT2D eigenvalue weighted by Gasteiger charge is -2.20. The molecule has 0 fully saturated rings. The van der Waals surface area contributed by atoms with Gasteiger partial charge in [-0.25, -0.2) is 9.37 Å². The molecule has 0 saturated carbocycles. The number of nitrogens with two attached hydrogens (primary N) is 1. The van der Waals surface area contributed by atoms with Crippen LogP contribution in [0.5, 0.6) is 0 Å². The molecule has 1 heterocycles. The van der Waals surface area contributed by atoms with Crippen LogP contribution < -0.4 is 5.73 Å². The number of imidazole rings is 1. The van der Waals surface area contributed by atoms with Gasteiger partial charge in [0.2, 0.25) is 0 Å². The molecule has 2 aromatic rings. The van der Waals surface area contributed by atoms with Crippen molar-refractivity contribution >= 4 is 11.0 Å². The third-order valence-electron chi connectivity index (χ3n) is 3.08. The van der Waals surface area contributed by atoms with E-state index in [9.17, 15) is 9.50 Å². The highest BCUT2D eigenvalue weighted by atomic mass is 19.1. The average molecular weight is 251 g/mol. The molecule has 0 spiro atoms. The number of rotatable bonds is 4. The summed E-state index contributed by atoms with van der Waals surface area (Å²) < 4.78 is 15.1. The minimum atomic E-state index is -0.993. The van der Waals surface area contributed by atoms with Crippen LogP contribution in [-0.4, -0.2) is 26.8 Å². The maximum Gasteiger partial charge on any atom is 0.125 e. The number of fused-ring (bicyclic) bond motifs is 1. The summed E-state index contributed by atoms with van der Waals surface area (Å²) in [7, 11) is 0. The fraction of sp³-hybridized carbons (Fsp3) is 0.462. The fourth-order valence-corrected chi connectivity index (χ4v) is 2.05. The SMILES string of the molecule is CCn1c(CC(C)(O)CN)nc2cc(F)ccc21. The molecule has 0 aliphatic heterocycles. The van der Waals surface area contributed by atoms with E-state index < -0.39 is 5.60 Å². The Morgan fingerprint density at radius 2 is 2.22 bits per heavy atom. The number of halogens is 1. The first-order valence-electron chi connectivity index (χ1n) is 6.04. The fourth-order valence-electron chi connectivity index (χ4n) is 2.05. The van der Waals surface area contributed by atoms with Gasteiger partial charge in [0.25, 0.3) is 0 Å². The molecule has 3 N–H and O–H groups in total. The minimum Gasteiger partial charge on any atom is -0.388 e. The summed E-state index contributed by atoms with van der Waals surface area (Å²) in [6.07, 6.45) is 0.355. The standard InChI is InChI=1S/C13H18FN3O/c1-3-17-11-5-4-9(14)6-10(11)16-12(17)7-13(2,18)8-15/h4-6,18H,3,7-8,15H2,1-2H3. The molecule has 1 aromatic heterocycles. The molecule has 0 saturated heterocycles. The van der Waals surface area contributed by atoms with Gasteiger partial charge >= 0.3 is 0 Å². The first-order valence-corrected chi connectivity index (χ1v) is 6.04. The Morgan fingerprint density at radius 3 is 2.83 bits per heavy atom. The van der Waals surface area contributed by atoms with Gasteiger partial charge in [-0.1, -0.05) is 0 Å². The van der Waals surface area contributed by atoms with Crippen LogP contribution in [0.15, 0.2) is 18.2 Å². The van der Waals surface area contributed by atoms with E-state index in [4.69, 9.17) is 5.73 Å². The van der Waals surface area contributed by atoms with Gasteiger partial charge in [-0.3, -0.25) is 0 Å². The van der Waals surface area contributed by atoms with E-state index in [1.54, 1.807) is 13.0 Å². The second kappa shape index (κ2) is 4.66. The van der Waals surface area contributed by atoms with Crippen LogP contribution in [0.3, 0.4) is 0 Å². The molecule has 0 aliphatic rings. The topological polar surface area (TPSA) is 64.1 Å². The van der Waals surface area contributed by atoms with Crippen molar-refractivity contribution in [2.45, 2.75) is 32.4 Å². The lowest BCUT2D eigenvalue weighted by Crippen LogP contribution is -2.37. The van der Waals surface area contributed by atoms with Crippen molar-refractivity contribution < 1.29 is 9.50 Å². The number of aliphatic hydroxyl groups is 1.